The Labute approximate surface area is 227 Å². The maximum absolute atomic E-state index is 9.69. The predicted molar refractivity (Wildman–Crippen MR) is 165 cm³/mol. The summed E-state index contributed by atoms with van der Waals surface area (Å²) in [6.45, 7) is 39.2. The van der Waals surface area contributed by atoms with Crippen molar-refractivity contribution in [3.63, 3.8) is 0 Å². The molecule has 212 valence electrons. The second-order valence-electron chi connectivity index (χ2n) is 13.7. The largest absolute Gasteiger partial charge is 0.386 e. The fourth-order valence-electron chi connectivity index (χ4n) is 2.41. The zero-order valence-electron chi connectivity index (χ0n) is 27.0. The van der Waals surface area contributed by atoms with Gasteiger partial charge in [0.25, 0.3) is 0 Å². The lowest BCUT2D eigenvalue weighted by Crippen LogP contribution is -2.19. The average Bonchev–Trinajstić information content (AvgIpc) is 2.71. The molecule has 0 aliphatic carbocycles. The Morgan fingerprint density at radius 1 is 0.556 bits per heavy atom. The molecule has 0 aromatic heterocycles. The molecule has 0 rings (SSSR count). The van der Waals surface area contributed by atoms with Crippen LogP contribution >= 0.6 is 0 Å². The predicted octanol–water partition coefficient (Wildman–Crippen LogP) is 10.4. The van der Waals surface area contributed by atoms with Gasteiger partial charge in [0.05, 0.1) is 11.2 Å². The van der Waals surface area contributed by atoms with Crippen LogP contribution in [-0.2, 0) is 0 Å². The Morgan fingerprint density at radius 2 is 0.806 bits per heavy atom. The highest BCUT2D eigenvalue weighted by Gasteiger charge is 2.17. The highest BCUT2D eigenvalue weighted by molar-refractivity contribution is 5.09. The van der Waals surface area contributed by atoms with Crippen molar-refractivity contribution in [2.75, 3.05) is 0 Å². The Bertz CT molecular complexity index is 671. The summed E-state index contributed by atoms with van der Waals surface area (Å²) in [5.41, 5.74) is 3.59. The summed E-state index contributed by atoms with van der Waals surface area (Å²) in [5.74, 6) is 0. The van der Waals surface area contributed by atoms with E-state index in [1.54, 1.807) is 26.0 Å². The summed E-state index contributed by atoms with van der Waals surface area (Å²) >= 11 is 0. The Morgan fingerprint density at radius 3 is 0.944 bits per heavy atom. The molecule has 2 nitrogen and oxygen atoms in total. The summed E-state index contributed by atoms with van der Waals surface area (Å²) < 4.78 is 0. The van der Waals surface area contributed by atoms with E-state index in [1.165, 1.54) is 16.7 Å². The van der Waals surface area contributed by atoms with Gasteiger partial charge in [-0.25, -0.2) is 0 Å². The van der Waals surface area contributed by atoms with E-state index in [-0.39, 0.29) is 10.8 Å². The van der Waals surface area contributed by atoms with Gasteiger partial charge in [-0.2, -0.15) is 0 Å². The van der Waals surface area contributed by atoms with Crippen molar-refractivity contribution in [3.8, 4) is 0 Å². The first kappa shape index (κ1) is 39.1. The highest BCUT2D eigenvalue weighted by atomic mass is 16.3. The molecule has 0 bridgehead atoms. The molecular weight excluding hydrogens is 440 g/mol. The lowest BCUT2D eigenvalue weighted by Gasteiger charge is -2.21. The van der Waals surface area contributed by atoms with E-state index in [9.17, 15) is 10.2 Å². The van der Waals surface area contributed by atoms with Crippen molar-refractivity contribution in [1.29, 1.82) is 0 Å². The summed E-state index contributed by atoms with van der Waals surface area (Å²) in [4.78, 5) is 0. The second kappa shape index (κ2) is 16.5. The van der Waals surface area contributed by atoms with E-state index in [1.807, 2.05) is 0 Å². The van der Waals surface area contributed by atoms with Crippen molar-refractivity contribution in [2.45, 2.75) is 141 Å². The third kappa shape index (κ3) is 21.9. The number of aliphatic hydroxyl groups is 2. The molecule has 0 saturated heterocycles. The summed E-state index contributed by atoms with van der Waals surface area (Å²) in [6, 6.07) is 0. The molecule has 0 aliphatic rings. The van der Waals surface area contributed by atoms with Crippen molar-refractivity contribution in [3.05, 3.63) is 60.3 Å². The average molecular weight is 505 g/mol. The lowest BCUT2D eigenvalue weighted by molar-refractivity contribution is 0.103. The summed E-state index contributed by atoms with van der Waals surface area (Å²) in [6.07, 6.45) is 13.1. The van der Waals surface area contributed by atoms with Gasteiger partial charge in [0, 0.05) is 0 Å². The van der Waals surface area contributed by atoms with Gasteiger partial charge in [-0.05, 0) is 83.5 Å². The smallest absolute Gasteiger partial charge is 0.0800 e. The van der Waals surface area contributed by atoms with Crippen LogP contribution in [-0.4, -0.2) is 21.4 Å². The fourth-order valence-corrected chi connectivity index (χ4v) is 2.41. The standard InChI is InChI=1S/2C13H24O.C8H16/c2*1-7-13(6,14)10-8-9-11(2)12(3,4)5;1-6-7(2)8(3,4)5/h2*7,9,14H,1,8,10H2,2-6H3;6H,1-5H3/b2*11-9+;7-6+. The van der Waals surface area contributed by atoms with Crippen LogP contribution in [0.5, 0.6) is 0 Å². The van der Waals surface area contributed by atoms with Crippen molar-refractivity contribution < 1.29 is 10.2 Å². The van der Waals surface area contributed by atoms with Crippen LogP contribution in [0, 0.1) is 16.2 Å². The first-order chi connectivity index (χ1) is 15.9. The normalized spacial score (nSPS) is 17.0. The van der Waals surface area contributed by atoms with E-state index in [4.69, 9.17) is 0 Å². The van der Waals surface area contributed by atoms with Gasteiger partial charge in [-0.15, -0.1) is 13.2 Å². The minimum Gasteiger partial charge on any atom is -0.386 e. The van der Waals surface area contributed by atoms with Gasteiger partial charge in [0.1, 0.15) is 0 Å². The lowest BCUT2D eigenvalue weighted by atomic mass is 9.86. The molecule has 0 radical (unpaired) electrons. The number of hydrogen-bond donors (Lipinski definition) is 2. The zero-order chi connectivity index (χ0) is 29.6. The van der Waals surface area contributed by atoms with Gasteiger partial charge in [-0.3, -0.25) is 0 Å². The van der Waals surface area contributed by atoms with Crippen LogP contribution in [0.25, 0.3) is 0 Å². The number of hydrogen-bond acceptors (Lipinski definition) is 2. The molecule has 2 unspecified atom stereocenters. The van der Waals surface area contributed by atoms with Crippen molar-refractivity contribution in [2.24, 2.45) is 16.2 Å². The van der Waals surface area contributed by atoms with Crippen molar-refractivity contribution >= 4 is 0 Å². The van der Waals surface area contributed by atoms with Crippen LogP contribution in [0.3, 0.4) is 0 Å². The SMILES string of the molecule is C/C=C(\C)C(C)(C)C.C=CC(C)(O)CC/C=C(\C)C(C)(C)C.C=CC(C)(O)CC/C=C(\C)C(C)(C)C. The number of allylic oxidation sites excluding steroid dienone is 6. The first-order valence-corrected chi connectivity index (χ1v) is 13.6. The summed E-state index contributed by atoms with van der Waals surface area (Å²) in [7, 11) is 0. The highest BCUT2D eigenvalue weighted by Crippen LogP contribution is 2.27. The maximum atomic E-state index is 9.69. The van der Waals surface area contributed by atoms with Crippen LogP contribution in [0.1, 0.15) is 130 Å². The van der Waals surface area contributed by atoms with Crippen LogP contribution in [0.4, 0.5) is 0 Å². The van der Waals surface area contributed by atoms with Crippen molar-refractivity contribution in [1.82, 2.24) is 0 Å². The van der Waals surface area contributed by atoms with Gasteiger partial charge < -0.3 is 10.2 Å². The third-order valence-electron chi connectivity index (χ3n) is 7.06. The second-order valence-corrected chi connectivity index (χ2v) is 13.7. The van der Waals surface area contributed by atoms with E-state index in [0.29, 0.717) is 5.41 Å². The molecule has 0 aromatic rings. The minimum absolute atomic E-state index is 0.236. The quantitative estimate of drug-likeness (QED) is 0.323. The molecule has 0 heterocycles. The topological polar surface area (TPSA) is 40.5 Å². The Hall–Kier alpha value is -1.38. The molecule has 0 aromatic carbocycles. The molecule has 0 spiro atoms. The minimum atomic E-state index is -0.728. The van der Waals surface area contributed by atoms with Gasteiger partial charge in [0.15, 0.2) is 0 Å². The molecule has 2 atom stereocenters. The first-order valence-electron chi connectivity index (χ1n) is 13.6. The van der Waals surface area contributed by atoms with E-state index < -0.39 is 11.2 Å². The Kier molecular flexibility index (Phi) is 17.9. The fraction of sp³-hybridized carbons (Fsp3) is 0.706. The molecule has 0 saturated carbocycles. The number of rotatable bonds is 8. The molecule has 2 heteroatoms. The zero-order valence-corrected chi connectivity index (χ0v) is 27.0. The molecular formula is C34H64O2. The van der Waals surface area contributed by atoms with E-state index in [2.05, 4.69) is 121 Å². The third-order valence-corrected chi connectivity index (χ3v) is 7.06. The molecule has 0 amide bonds. The molecule has 2 N–H and O–H groups in total. The molecule has 0 fully saturated rings. The van der Waals surface area contributed by atoms with E-state index >= 15 is 0 Å². The summed E-state index contributed by atoms with van der Waals surface area (Å²) in [5, 5.41) is 19.4. The van der Waals surface area contributed by atoms with Crippen LogP contribution in [0.2, 0.25) is 0 Å². The van der Waals surface area contributed by atoms with Gasteiger partial charge in [0.2, 0.25) is 0 Å². The van der Waals surface area contributed by atoms with Crippen LogP contribution in [0.15, 0.2) is 60.3 Å². The van der Waals surface area contributed by atoms with Gasteiger partial charge in [-0.1, -0.05) is 109 Å². The Balaban J connectivity index is -0.000000472. The molecule has 36 heavy (non-hydrogen) atoms. The van der Waals surface area contributed by atoms with Gasteiger partial charge >= 0.3 is 0 Å². The van der Waals surface area contributed by atoms with E-state index in [0.717, 1.165) is 25.7 Å². The molecule has 0 aliphatic heterocycles. The monoisotopic (exact) mass is 504 g/mol. The maximum Gasteiger partial charge on any atom is 0.0800 e. The van der Waals surface area contributed by atoms with Crippen LogP contribution < -0.4 is 0 Å².